The highest BCUT2D eigenvalue weighted by molar-refractivity contribution is 5.86. The van der Waals surface area contributed by atoms with E-state index in [0.717, 1.165) is 32.1 Å². The summed E-state index contributed by atoms with van der Waals surface area (Å²) in [4.78, 5) is 25.5. The van der Waals surface area contributed by atoms with Gasteiger partial charge < -0.3 is 10.4 Å². The molecule has 1 aromatic carbocycles. The molecule has 2 amide bonds. The average molecular weight is 316 g/mol. The first kappa shape index (κ1) is 15.8. The van der Waals surface area contributed by atoms with Gasteiger partial charge in [-0.15, -0.1) is 0 Å². The highest BCUT2D eigenvalue weighted by Gasteiger charge is 2.47. The van der Waals surface area contributed by atoms with Gasteiger partial charge in [0.2, 0.25) is 5.91 Å². The van der Waals surface area contributed by atoms with Crippen LogP contribution in [-0.4, -0.2) is 40.6 Å². The predicted molar refractivity (Wildman–Crippen MR) is 87.2 cm³/mol. The lowest BCUT2D eigenvalue weighted by Crippen LogP contribution is -2.49. The van der Waals surface area contributed by atoms with Crippen LogP contribution in [0.25, 0.3) is 0 Å². The van der Waals surface area contributed by atoms with E-state index in [0.29, 0.717) is 18.9 Å². The minimum Gasteiger partial charge on any atom is -0.465 e. The van der Waals surface area contributed by atoms with Crippen LogP contribution in [0.5, 0.6) is 0 Å². The van der Waals surface area contributed by atoms with E-state index in [1.54, 1.807) is 0 Å². The Morgan fingerprint density at radius 2 is 1.91 bits per heavy atom. The molecule has 1 aromatic rings. The van der Waals surface area contributed by atoms with Crippen molar-refractivity contribution >= 4 is 12.0 Å². The summed E-state index contributed by atoms with van der Waals surface area (Å²) in [6.45, 7) is 0.544. The zero-order chi connectivity index (χ0) is 16.2. The Morgan fingerprint density at radius 3 is 2.65 bits per heavy atom. The van der Waals surface area contributed by atoms with Crippen molar-refractivity contribution in [1.82, 2.24) is 10.2 Å². The molecule has 1 saturated carbocycles. The Balaban J connectivity index is 1.58. The molecule has 1 heterocycles. The quantitative estimate of drug-likeness (QED) is 0.897. The van der Waals surface area contributed by atoms with Crippen LogP contribution in [0, 0.1) is 5.92 Å². The van der Waals surface area contributed by atoms with Gasteiger partial charge in [-0.2, -0.15) is 0 Å². The van der Waals surface area contributed by atoms with Crippen LogP contribution in [0.2, 0.25) is 0 Å². The molecule has 1 saturated heterocycles. The van der Waals surface area contributed by atoms with Crippen LogP contribution in [0.1, 0.15) is 37.7 Å². The monoisotopic (exact) mass is 316 g/mol. The summed E-state index contributed by atoms with van der Waals surface area (Å²) in [5, 5.41) is 12.4. The van der Waals surface area contributed by atoms with Gasteiger partial charge in [0.25, 0.3) is 0 Å². The first-order valence-corrected chi connectivity index (χ1v) is 8.49. The molecule has 3 rings (SSSR count). The molecule has 3 atom stereocenters. The third-order valence-corrected chi connectivity index (χ3v) is 5.17. The Bertz CT molecular complexity index is 561. The Kier molecular flexibility index (Phi) is 4.84. The maximum atomic E-state index is 12.5. The van der Waals surface area contributed by atoms with Gasteiger partial charge in [0.1, 0.15) is 6.04 Å². The van der Waals surface area contributed by atoms with Crippen LogP contribution in [0.4, 0.5) is 4.79 Å². The summed E-state index contributed by atoms with van der Waals surface area (Å²) >= 11 is 0. The molecule has 2 fully saturated rings. The minimum atomic E-state index is -0.956. The highest BCUT2D eigenvalue weighted by Crippen LogP contribution is 2.39. The molecule has 2 N–H and O–H groups in total. The molecule has 0 bridgehead atoms. The smallest absolute Gasteiger partial charge is 0.408 e. The number of benzene rings is 1. The zero-order valence-corrected chi connectivity index (χ0v) is 13.3. The van der Waals surface area contributed by atoms with Gasteiger partial charge in [0.05, 0.1) is 0 Å². The number of fused-ring (bicyclic) bond motifs is 1. The largest absolute Gasteiger partial charge is 0.465 e. The second kappa shape index (κ2) is 7.02. The molecular weight excluding hydrogens is 292 g/mol. The van der Waals surface area contributed by atoms with Crippen molar-refractivity contribution in [3.05, 3.63) is 35.9 Å². The number of nitrogens with one attached hydrogen (secondary N) is 1. The van der Waals surface area contributed by atoms with E-state index in [1.807, 2.05) is 30.3 Å². The first-order chi connectivity index (χ1) is 11.2. The maximum absolute atomic E-state index is 12.5. The Labute approximate surface area is 136 Å². The number of hydrogen-bond donors (Lipinski definition) is 2. The highest BCUT2D eigenvalue weighted by atomic mass is 16.4. The van der Waals surface area contributed by atoms with E-state index < -0.39 is 12.1 Å². The van der Waals surface area contributed by atoms with Crippen LogP contribution in [0.3, 0.4) is 0 Å². The van der Waals surface area contributed by atoms with E-state index in [9.17, 15) is 14.7 Å². The topological polar surface area (TPSA) is 69.6 Å². The van der Waals surface area contributed by atoms with Gasteiger partial charge in [-0.05, 0) is 37.2 Å². The van der Waals surface area contributed by atoms with Crippen LogP contribution >= 0.6 is 0 Å². The van der Waals surface area contributed by atoms with Crippen molar-refractivity contribution in [3.8, 4) is 0 Å². The van der Waals surface area contributed by atoms with Gasteiger partial charge in [-0.25, -0.2) is 4.79 Å². The predicted octanol–water partition coefficient (Wildman–Crippen LogP) is 2.66. The van der Waals surface area contributed by atoms with Gasteiger partial charge >= 0.3 is 6.09 Å². The van der Waals surface area contributed by atoms with E-state index in [2.05, 4.69) is 5.32 Å². The molecule has 1 aliphatic carbocycles. The molecule has 2 aliphatic rings. The number of hydrogen-bond acceptors (Lipinski definition) is 2. The summed E-state index contributed by atoms with van der Waals surface area (Å²) in [6, 6.07) is 9.49. The normalized spacial score (nSPS) is 26.6. The number of carbonyl (C=O) groups is 2. The Hall–Kier alpha value is -2.04. The third kappa shape index (κ3) is 3.49. The van der Waals surface area contributed by atoms with Crippen molar-refractivity contribution in [1.29, 1.82) is 0 Å². The molecule has 0 aromatic heterocycles. The van der Waals surface area contributed by atoms with Crippen molar-refractivity contribution < 1.29 is 14.7 Å². The van der Waals surface area contributed by atoms with E-state index in [-0.39, 0.29) is 11.9 Å². The molecule has 124 valence electrons. The number of carbonyl (C=O) groups excluding carboxylic acids is 1. The number of likely N-dealkylation sites (tertiary alicyclic amines) is 1. The number of rotatable bonds is 4. The minimum absolute atomic E-state index is 0.0334. The molecule has 5 heteroatoms. The van der Waals surface area contributed by atoms with Crippen LogP contribution in [0.15, 0.2) is 30.3 Å². The van der Waals surface area contributed by atoms with Crippen molar-refractivity contribution in [2.45, 2.75) is 50.6 Å². The number of nitrogens with zero attached hydrogens (tertiary/aromatic N) is 1. The van der Waals surface area contributed by atoms with Gasteiger partial charge in [0, 0.05) is 12.6 Å². The molecular formula is C18H24N2O3. The van der Waals surface area contributed by atoms with Crippen molar-refractivity contribution in [2.75, 3.05) is 6.54 Å². The fourth-order valence-corrected chi connectivity index (χ4v) is 4.06. The van der Waals surface area contributed by atoms with Gasteiger partial charge in [0.15, 0.2) is 0 Å². The van der Waals surface area contributed by atoms with E-state index in [4.69, 9.17) is 0 Å². The van der Waals surface area contributed by atoms with Crippen LogP contribution in [-0.2, 0) is 11.2 Å². The fraction of sp³-hybridized carbons (Fsp3) is 0.556. The Morgan fingerprint density at radius 1 is 1.17 bits per heavy atom. The molecule has 2 unspecified atom stereocenters. The summed E-state index contributed by atoms with van der Waals surface area (Å²) in [5.74, 6) is 0.211. The third-order valence-electron chi connectivity index (χ3n) is 5.17. The second-order valence-corrected chi connectivity index (χ2v) is 6.58. The lowest BCUT2D eigenvalue weighted by atomic mass is 9.85. The van der Waals surface area contributed by atoms with Gasteiger partial charge in [-0.3, -0.25) is 9.69 Å². The summed E-state index contributed by atoms with van der Waals surface area (Å²) < 4.78 is 0. The second-order valence-electron chi connectivity index (χ2n) is 6.58. The molecule has 0 radical (unpaired) electrons. The molecule has 5 nitrogen and oxygen atoms in total. The first-order valence-electron chi connectivity index (χ1n) is 8.49. The van der Waals surface area contributed by atoms with Crippen LogP contribution < -0.4 is 5.32 Å². The zero-order valence-electron chi connectivity index (χ0n) is 13.3. The van der Waals surface area contributed by atoms with Gasteiger partial charge in [-0.1, -0.05) is 43.2 Å². The van der Waals surface area contributed by atoms with E-state index >= 15 is 0 Å². The molecule has 1 aliphatic heterocycles. The van der Waals surface area contributed by atoms with Crippen molar-refractivity contribution in [3.63, 3.8) is 0 Å². The summed E-state index contributed by atoms with van der Waals surface area (Å²) in [5.41, 5.74) is 1.17. The SMILES string of the molecule is O=C(NCCc1ccccc1)[C@@H]1CC2CCCCC2N1C(=O)O. The fourth-order valence-electron chi connectivity index (χ4n) is 4.06. The number of amides is 2. The maximum Gasteiger partial charge on any atom is 0.408 e. The lowest BCUT2D eigenvalue weighted by Gasteiger charge is -2.31. The molecule has 0 spiro atoms. The summed E-state index contributed by atoms with van der Waals surface area (Å²) in [7, 11) is 0. The van der Waals surface area contributed by atoms with Crippen molar-refractivity contribution in [2.24, 2.45) is 5.92 Å². The average Bonchev–Trinajstić information content (AvgIpc) is 2.95. The molecule has 23 heavy (non-hydrogen) atoms. The lowest BCUT2D eigenvalue weighted by molar-refractivity contribution is -0.125. The van der Waals surface area contributed by atoms with E-state index in [1.165, 1.54) is 10.5 Å². The summed E-state index contributed by atoms with van der Waals surface area (Å²) in [6.07, 6.45) is 4.63. The number of carboxylic acid groups (broad SMARTS) is 1. The standard InChI is InChI=1S/C18H24N2O3/c21-17(19-11-10-13-6-2-1-3-7-13)16-12-14-8-4-5-9-15(14)20(16)18(22)23/h1-3,6-7,14-16H,4-5,8-12H2,(H,19,21)(H,22,23)/t14?,15?,16-/m0/s1.